The van der Waals surface area contributed by atoms with Gasteiger partial charge in [0.15, 0.2) is 0 Å². The van der Waals surface area contributed by atoms with E-state index < -0.39 is 5.54 Å². The molecular formula is C15H20N2O. The van der Waals surface area contributed by atoms with Gasteiger partial charge in [-0.25, -0.2) is 0 Å². The third kappa shape index (κ3) is 2.49. The smallest absolute Gasteiger partial charge is 0.141 e. The van der Waals surface area contributed by atoms with Gasteiger partial charge < -0.3 is 10.5 Å². The van der Waals surface area contributed by atoms with Gasteiger partial charge in [-0.2, -0.15) is 5.26 Å². The molecule has 1 aliphatic carbocycles. The second-order valence-corrected chi connectivity index (χ2v) is 5.42. The largest absolute Gasteiger partial charge is 0.490 e. The highest BCUT2D eigenvalue weighted by Gasteiger charge is 2.43. The standard InChI is InChI=1S/C15H20N2O/c1-10-6-11(2)12(3)14(7-10)18-9-15(17,8-16)13-4-5-13/h6-7,13H,4-5,9,17H2,1-3H3. The minimum atomic E-state index is -0.829. The molecule has 2 N–H and O–H groups in total. The first kappa shape index (κ1) is 12.9. The summed E-state index contributed by atoms with van der Waals surface area (Å²) in [4.78, 5) is 0. The minimum Gasteiger partial charge on any atom is -0.490 e. The van der Waals surface area contributed by atoms with Crippen molar-refractivity contribution in [3.05, 3.63) is 28.8 Å². The lowest BCUT2D eigenvalue weighted by Crippen LogP contribution is -2.46. The van der Waals surface area contributed by atoms with Crippen LogP contribution < -0.4 is 10.5 Å². The quantitative estimate of drug-likeness (QED) is 0.885. The van der Waals surface area contributed by atoms with Gasteiger partial charge >= 0.3 is 0 Å². The van der Waals surface area contributed by atoms with E-state index in [2.05, 4.69) is 19.1 Å². The van der Waals surface area contributed by atoms with Gasteiger partial charge in [-0.15, -0.1) is 0 Å². The van der Waals surface area contributed by atoms with Crippen molar-refractivity contribution in [2.45, 2.75) is 39.2 Å². The van der Waals surface area contributed by atoms with Crippen LogP contribution in [0.4, 0.5) is 0 Å². The van der Waals surface area contributed by atoms with Crippen molar-refractivity contribution in [2.24, 2.45) is 11.7 Å². The number of nitrogens with two attached hydrogens (primary N) is 1. The zero-order valence-electron chi connectivity index (χ0n) is 11.3. The third-order valence-electron chi connectivity index (χ3n) is 3.74. The lowest BCUT2D eigenvalue weighted by atomic mass is 9.98. The Morgan fingerprint density at radius 1 is 1.39 bits per heavy atom. The summed E-state index contributed by atoms with van der Waals surface area (Å²) in [7, 11) is 0. The van der Waals surface area contributed by atoms with Crippen molar-refractivity contribution in [3.8, 4) is 11.8 Å². The number of aryl methyl sites for hydroxylation is 2. The van der Waals surface area contributed by atoms with E-state index in [0.29, 0.717) is 5.92 Å². The molecule has 0 amide bonds. The van der Waals surface area contributed by atoms with Crippen LogP contribution in [0.1, 0.15) is 29.5 Å². The van der Waals surface area contributed by atoms with Gasteiger partial charge in [0.2, 0.25) is 0 Å². The summed E-state index contributed by atoms with van der Waals surface area (Å²) in [6.07, 6.45) is 2.08. The Hall–Kier alpha value is -1.53. The average molecular weight is 244 g/mol. The molecule has 1 aromatic carbocycles. The number of nitriles is 1. The van der Waals surface area contributed by atoms with E-state index in [0.717, 1.165) is 24.2 Å². The SMILES string of the molecule is Cc1cc(C)c(C)c(OCC(N)(C#N)C2CC2)c1. The zero-order valence-corrected chi connectivity index (χ0v) is 11.3. The van der Waals surface area contributed by atoms with Crippen molar-refractivity contribution in [2.75, 3.05) is 6.61 Å². The molecule has 3 heteroatoms. The molecule has 0 heterocycles. The Morgan fingerprint density at radius 3 is 2.61 bits per heavy atom. The number of ether oxygens (including phenoxy) is 1. The van der Waals surface area contributed by atoms with Gasteiger partial charge in [0.25, 0.3) is 0 Å². The lowest BCUT2D eigenvalue weighted by Gasteiger charge is -2.22. The van der Waals surface area contributed by atoms with Crippen LogP contribution in [0.25, 0.3) is 0 Å². The summed E-state index contributed by atoms with van der Waals surface area (Å²) < 4.78 is 5.81. The molecule has 96 valence electrons. The molecule has 0 saturated heterocycles. The molecule has 1 atom stereocenters. The summed E-state index contributed by atoms with van der Waals surface area (Å²) in [5.41, 5.74) is 8.75. The first-order valence-electron chi connectivity index (χ1n) is 6.37. The van der Waals surface area contributed by atoms with Crippen LogP contribution in [0.15, 0.2) is 12.1 Å². The molecule has 1 saturated carbocycles. The van der Waals surface area contributed by atoms with Crippen LogP contribution in [-0.2, 0) is 0 Å². The first-order valence-corrected chi connectivity index (χ1v) is 6.37. The summed E-state index contributed by atoms with van der Waals surface area (Å²) in [5.74, 6) is 1.15. The van der Waals surface area contributed by atoms with Crippen LogP contribution in [0, 0.1) is 38.0 Å². The molecule has 0 aliphatic heterocycles. The van der Waals surface area contributed by atoms with Crippen molar-refractivity contribution in [1.82, 2.24) is 0 Å². The molecule has 0 bridgehead atoms. The molecule has 2 rings (SSSR count). The van der Waals surface area contributed by atoms with E-state index in [1.54, 1.807) is 0 Å². The second kappa shape index (κ2) is 4.62. The second-order valence-electron chi connectivity index (χ2n) is 5.42. The Bertz CT molecular complexity index is 500. The molecule has 1 fully saturated rings. The number of nitrogens with zero attached hydrogens (tertiary/aromatic N) is 1. The normalized spacial score (nSPS) is 17.9. The van der Waals surface area contributed by atoms with E-state index in [1.807, 2.05) is 19.9 Å². The summed E-state index contributed by atoms with van der Waals surface area (Å²) in [6, 6.07) is 6.35. The fraction of sp³-hybridized carbons (Fsp3) is 0.533. The summed E-state index contributed by atoms with van der Waals surface area (Å²) in [5, 5.41) is 9.20. The monoisotopic (exact) mass is 244 g/mol. The van der Waals surface area contributed by atoms with E-state index in [4.69, 9.17) is 10.5 Å². The van der Waals surface area contributed by atoms with Crippen molar-refractivity contribution in [1.29, 1.82) is 5.26 Å². The van der Waals surface area contributed by atoms with E-state index in [1.165, 1.54) is 11.1 Å². The van der Waals surface area contributed by atoms with Gasteiger partial charge in [-0.05, 0) is 62.3 Å². The summed E-state index contributed by atoms with van der Waals surface area (Å²) >= 11 is 0. The topological polar surface area (TPSA) is 59.0 Å². The van der Waals surface area contributed by atoms with E-state index in [-0.39, 0.29) is 6.61 Å². The Morgan fingerprint density at radius 2 is 2.06 bits per heavy atom. The maximum Gasteiger partial charge on any atom is 0.141 e. The molecule has 0 aromatic heterocycles. The minimum absolute atomic E-state index is 0.276. The predicted molar refractivity (Wildman–Crippen MR) is 71.4 cm³/mol. The number of hydrogen-bond acceptors (Lipinski definition) is 3. The third-order valence-corrected chi connectivity index (χ3v) is 3.74. The molecule has 3 nitrogen and oxygen atoms in total. The highest BCUT2D eigenvalue weighted by Crippen LogP contribution is 2.38. The van der Waals surface area contributed by atoms with Crippen LogP contribution >= 0.6 is 0 Å². The van der Waals surface area contributed by atoms with Crippen molar-refractivity contribution >= 4 is 0 Å². The maximum absolute atomic E-state index is 9.20. The molecule has 0 radical (unpaired) electrons. The number of hydrogen-bond donors (Lipinski definition) is 1. The summed E-state index contributed by atoms with van der Waals surface area (Å²) in [6.45, 7) is 6.42. The Labute approximate surface area is 109 Å². The molecule has 18 heavy (non-hydrogen) atoms. The van der Waals surface area contributed by atoms with Gasteiger partial charge in [0, 0.05) is 0 Å². The van der Waals surface area contributed by atoms with Gasteiger partial charge in [-0.1, -0.05) is 6.07 Å². The van der Waals surface area contributed by atoms with Gasteiger partial charge in [0.1, 0.15) is 17.9 Å². The maximum atomic E-state index is 9.20. The van der Waals surface area contributed by atoms with E-state index in [9.17, 15) is 5.26 Å². The zero-order chi connectivity index (χ0) is 13.3. The predicted octanol–water partition coefficient (Wildman–Crippen LogP) is 2.62. The van der Waals surface area contributed by atoms with Crippen LogP contribution in [0.3, 0.4) is 0 Å². The van der Waals surface area contributed by atoms with E-state index >= 15 is 0 Å². The molecule has 1 aromatic rings. The van der Waals surface area contributed by atoms with Crippen LogP contribution in [0.2, 0.25) is 0 Å². The molecular weight excluding hydrogens is 224 g/mol. The Kier molecular flexibility index (Phi) is 3.32. The van der Waals surface area contributed by atoms with Gasteiger partial charge in [-0.3, -0.25) is 0 Å². The molecule has 0 spiro atoms. The fourth-order valence-electron chi connectivity index (χ4n) is 2.19. The van der Waals surface area contributed by atoms with Crippen molar-refractivity contribution < 1.29 is 4.74 Å². The average Bonchev–Trinajstić information content (AvgIpc) is 3.16. The fourth-order valence-corrected chi connectivity index (χ4v) is 2.19. The molecule has 1 aliphatic rings. The highest BCUT2D eigenvalue weighted by atomic mass is 16.5. The highest BCUT2D eigenvalue weighted by molar-refractivity contribution is 5.42. The number of benzene rings is 1. The van der Waals surface area contributed by atoms with Crippen LogP contribution in [-0.4, -0.2) is 12.1 Å². The molecule has 1 unspecified atom stereocenters. The lowest BCUT2D eigenvalue weighted by molar-refractivity contribution is 0.235. The Balaban J connectivity index is 2.13. The number of rotatable bonds is 4. The van der Waals surface area contributed by atoms with Crippen LogP contribution in [0.5, 0.6) is 5.75 Å². The first-order chi connectivity index (χ1) is 8.46. The van der Waals surface area contributed by atoms with Gasteiger partial charge in [0.05, 0.1) is 6.07 Å². The van der Waals surface area contributed by atoms with Crippen molar-refractivity contribution in [3.63, 3.8) is 0 Å².